The largest absolute Gasteiger partial charge is 0.371 e. The van der Waals surface area contributed by atoms with E-state index in [0.717, 1.165) is 6.61 Å². The second-order valence-corrected chi connectivity index (χ2v) is 1.44. The Morgan fingerprint density at radius 2 is 2.57 bits per heavy atom. The zero-order chi connectivity index (χ0) is 5.11. The molecule has 2 nitrogen and oxygen atoms in total. The summed E-state index contributed by atoms with van der Waals surface area (Å²) >= 11 is 0. The van der Waals surface area contributed by atoms with Crippen LogP contribution in [0.15, 0.2) is 0 Å². The van der Waals surface area contributed by atoms with Crippen molar-refractivity contribution in [1.82, 2.24) is 0 Å². The van der Waals surface area contributed by atoms with Crippen LogP contribution in [-0.4, -0.2) is 26.2 Å². The zero-order valence-corrected chi connectivity index (χ0v) is 3.89. The van der Waals surface area contributed by atoms with E-state index in [2.05, 4.69) is 4.74 Å². The lowest BCUT2D eigenvalue weighted by Crippen LogP contribution is -1.98. The summed E-state index contributed by atoms with van der Waals surface area (Å²) in [5.74, 6) is 0. The Morgan fingerprint density at radius 3 is 3.00 bits per heavy atom. The molecule has 1 aliphatic rings. The third kappa shape index (κ3) is 1.85. The van der Waals surface area contributed by atoms with Crippen molar-refractivity contribution in [1.29, 1.82) is 0 Å². The van der Waals surface area contributed by atoms with Crippen LogP contribution < -0.4 is 0 Å². The van der Waals surface area contributed by atoms with Gasteiger partial charge in [-0.2, -0.15) is 0 Å². The van der Waals surface area contributed by atoms with Gasteiger partial charge in [0, 0.05) is 0 Å². The summed E-state index contributed by atoms with van der Waals surface area (Å²) in [6, 6.07) is 0. The van der Waals surface area contributed by atoms with E-state index in [-0.39, 0.29) is 6.10 Å². The molecule has 1 aliphatic heterocycles. The summed E-state index contributed by atoms with van der Waals surface area (Å²) in [5.41, 5.74) is 0. The summed E-state index contributed by atoms with van der Waals surface area (Å²) in [6.07, 6.45) is 0.191. The van der Waals surface area contributed by atoms with Gasteiger partial charge in [-0.3, -0.25) is 0 Å². The number of halogens is 1. The first kappa shape index (κ1) is 5.00. The fourth-order valence-electron chi connectivity index (χ4n) is 0.340. The number of hydrogen-bond donors (Lipinski definition) is 0. The number of rotatable bonds is 3. The zero-order valence-electron chi connectivity index (χ0n) is 3.89. The topological polar surface area (TPSA) is 21.8 Å². The predicted molar refractivity (Wildman–Crippen MR) is 21.7 cm³/mol. The molecule has 0 radical (unpaired) electrons. The van der Waals surface area contributed by atoms with Gasteiger partial charge >= 0.3 is 0 Å². The van der Waals surface area contributed by atoms with E-state index in [1.54, 1.807) is 0 Å². The summed E-state index contributed by atoms with van der Waals surface area (Å²) in [4.78, 5) is 0. The molecule has 1 fully saturated rings. The molecule has 0 bridgehead atoms. The number of alkyl halides is 1. The van der Waals surface area contributed by atoms with Crippen molar-refractivity contribution in [2.45, 2.75) is 6.10 Å². The second-order valence-electron chi connectivity index (χ2n) is 1.44. The minimum atomic E-state index is -0.695. The molecule has 0 aliphatic carbocycles. The smallest absolute Gasteiger partial charge is 0.188 e. The molecule has 0 aromatic carbocycles. The van der Waals surface area contributed by atoms with Crippen LogP contribution in [0, 0.1) is 0 Å². The molecule has 1 saturated heterocycles. The first-order valence-electron chi connectivity index (χ1n) is 2.19. The molecular formula is C4H7FO2. The van der Waals surface area contributed by atoms with Gasteiger partial charge in [-0.1, -0.05) is 0 Å². The Kier molecular flexibility index (Phi) is 1.59. The van der Waals surface area contributed by atoms with Crippen molar-refractivity contribution in [2.24, 2.45) is 0 Å². The van der Waals surface area contributed by atoms with E-state index in [0.29, 0.717) is 6.61 Å². The number of epoxide rings is 1. The van der Waals surface area contributed by atoms with Gasteiger partial charge in [0.15, 0.2) is 6.86 Å². The molecular weight excluding hydrogens is 99.0 g/mol. The highest BCUT2D eigenvalue weighted by atomic mass is 19.1. The van der Waals surface area contributed by atoms with Gasteiger partial charge in [-0.05, 0) is 0 Å². The molecule has 0 aromatic rings. The Hall–Kier alpha value is -0.150. The van der Waals surface area contributed by atoms with Crippen LogP contribution in [-0.2, 0) is 9.47 Å². The van der Waals surface area contributed by atoms with Gasteiger partial charge in [-0.15, -0.1) is 0 Å². The molecule has 0 amide bonds. The van der Waals surface area contributed by atoms with E-state index in [1.807, 2.05) is 0 Å². The minimum absolute atomic E-state index is 0.191. The average Bonchev–Trinajstić information content (AvgIpc) is 2.42. The van der Waals surface area contributed by atoms with Crippen molar-refractivity contribution in [2.75, 3.05) is 20.1 Å². The molecule has 0 aromatic heterocycles. The van der Waals surface area contributed by atoms with E-state index >= 15 is 0 Å². The highest BCUT2D eigenvalue weighted by Gasteiger charge is 2.21. The summed E-state index contributed by atoms with van der Waals surface area (Å²) < 4.78 is 20.2. The molecule has 1 atom stereocenters. The van der Waals surface area contributed by atoms with Crippen molar-refractivity contribution >= 4 is 0 Å². The maximum Gasteiger partial charge on any atom is 0.188 e. The molecule has 0 unspecified atom stereocenters. The van der Waals surface area contributed by atoms with Gasteiger partial charge in [0.2, 0.25) is 0 Å². The van der Waals surface area contributed by atoms with Crippen molar-refractivity contribution in [3.05, 3.63) is 0 Å². The quantitative estimate of drug-likeness (QED) is 0.483. The molecule has 3 heteroatoms. The fourth-order valence-corrected chi connectivity index (χ4v) is 0.340. The predicted octanol–water partition coefficient (Wildman–Crippen LogP) is 0.329. The van der Waals surface area contributed by atoms with Crippen LogP contribution in [0.5, 0.6) is 0 Å². The van der Waals surface area contributed by atoms with E-state index in [9.17, 15) is 4.39 Å². The van der Waals surface area contributed by atoms with Gasteiger partial charge in [0.05, 0.1) is 13.2 Å². The number of hydrogen-bond acceptors (Lipinski definition) is 2. The molecule has 0 spiro atoms. The maximum absolute atomic E-state index is 11.1. The maximum atomic E-state index is 11.1. The Bertz CT molecular complexity index is 53.7. The summed E-state index contributed by atoms with van der Waals surface area (Å²) in [5, 5.41) is 0. The minimum Gasteiger partial charge on any atom is -0.371 e. The average molecular weight is 106 g/mol. The molecule has 42 valence electrons. The van der Waals surface area contributed by atoms with E-state index in [4.69, 9.17) is 4.74 Å². The van der Waals surface area contributed by atoms with Gasteiger partial charge in [0.25, 0.3) is 0 Å². The molecule has 0 N–H and O–H groups in total. The summed E-state index contributed by atoms with van der Waals surface area (Å²) in [6.45, 7) is 0.455. The number of ether oxygens (including phenoxy) is 2. The van der Waals surface area contributed by atoms with Crippen LogP contribution in [0.4, 0.5) is 4.39 Å². The van der Waals surface area contributed by atoms with Gasteiger partial charge in [0.1, 0.15) is 6.10 Å². The van der Waals surface area contributed by atoms with Crippen molar-refractivity contribution in [3.63, 3.8) is 0 Å². The van der Waals surface area contributed by atoms with Crippen LogP contribution in [0.3, 0.4) is 0 Å². The molecule has 1 rings (SSSR count). The first-order valence-corrected chi connectivity index (χ1v) is 2.19. The van der Waals surface area contributed by atoms with Crippen molar-refractivity contribution in [3.8, 4) is 0 Å². The second kappa shape index (κ2) is 2.23. The SMILES string of the molecule is FCOC[C@@H]1CO1. The van der Waals surface area contributed by atoms with Crippen molar-refractivity contribution < 1.29 is 13.9 Å². The standard InChI is InChI=1S/C4H7FO2/c5-3-6-1-4-2-7-4/h4H,1-3H2/t4-/m1/s1. The Labute approximate surface area is 41.2 Å². The van der Waals surface area contributed by atoms with Crippen LogP contribution in [0.2, 0.25) is 0 Å². The lowest BCUT2D eigenvalue weighted by atomic mass is 10.5. The molecule has 7 heavy (non-hydrogen) atoms. The molecule has 0 saturated carbocycles. The van der Waals surface area contributed by atoms with E-state index in [1.165, 1.54) is 0 Å². The van der Waals surface area contributed by atoms with Gasteiger partial charge < -0.3 is 9.47 Å². The fraction of sp³-hybridized carbons (Fsp3) is 1.00. The Morgan fingerprint density at radius 1 is 1.86 bits per heavy atom. The monoisotopic (exact) mass is 106 g/mol. The summed E-state index contributed by atoms with van der Waals surface area (Å²) in [7, 11) is 0. The third-order valence-corrected chi connectivity index (χ3v) is 0.783. The van der Waals surface area contributed by atoms with Crippen LogP contribution in [0.1, 0.15) is 0 Å². The Balaban J connectivity index is 1.80. The lowest BCUT2D eigenvalue weighted by Gasteiger charge is -1.89. The third-order valence-electron chi connectivity index (χ3n) is 0.783. The van der Waals surface area contributed by atoms with Crippen LogP contribution in [0.25, 0.3) is 0 Å². The molecule has 1 heterocycles. The highest BCUT2D eigenvalue weighted by molar-refractivity contribution is 4.66. The first-order chi connectivity index (χ1) is 3.43. The van der Waals surface area contributed by atoms with Gasteiger partial charge in [-0.25, -0.2) is 4.39 Å². The highest BCUT2D eigenvalue weighted by Crippen LogP contribution is 2.07. The van der Waals surface area contributed by atoms with Crippen LogP contribution >= 0.6 is 0 Å². The van der Waals surface area contributed by atoms with E-state index < -0.39 is 6.86 Å². The lowest BCUT2D eigenvalue weighted by molar-refractivity contribution is 0.0478. The normalized spacial score (nSPS) is 27.9.